The third-order valence-corrected chi connectivity index (χ3v) is 6.49. The number of aliphatic carboxylic acids is 1. The fraction of sp³-hybridized carbons (Fsp3) is 0.0870. The molecule has 0 bridgehead atoms. The van der Waals surface area contributed by atoms with Gasteiger partial charge in [0.15, 0.2) is 5.82 Å². The van der Waals surface area contributed by atoms with Crippen molar-refractivity contribution in [2.45, 2.75) is 19.0 Å². The lowest BCUT2D eigenvalue weighted by molar-refractivity contribution is -0.131. The second-order valence-electron chi connectivity index (χ2n) is 7.03. The van der Waals surface area contributed by atoms with E-state index in [-0.39, 0.29) is 4.91 Å². The zero-order valence-corrected chi connectivity index (χ0v) is 20.3. The minimum atomic E-state index is -1.04. The number of aryl methyl sites for hydroxylation is 1. The van der Waals surface area contributed by atoms with Gasteiger partial charge in [-0.25, -0.2) is 9.78 Å². The molecular weight excluding hydrogens is 512 g/mol. The number of hydrogen-bond donors (Lipinski definition) is 2. The van der Waals surface area contributed by atoms with Gasteiger partial charge >= 0.3 is 5.97 Å². The fourth-order valence-corrected chi connectivity index (χ4v) is 4.41. The molecule has 0 aliphatic rings. The summed E-state index contributed by atoms with van der Waals surface area (Å²) in [6.45, 7) is 3.96. The highest BCUT2D eigenvalue weighted by molar-refractivity contribution is 9.10. The average Bonchev–Trinajstić information content (AvgIpc) is 3.33. The molecule has 0 unspecified atom stereocenters. The maximum atomic E-state index is 12.0. The predicted octanol–water partition coefficient (Wildman–Crippen LogP) is 6.51. The van der Waals surface area contributed by atoms with Gasteiger partial charge in [-0.15, -0.1) is 5.10 Å². The Morgan fingerprint density at radius 1 is 1.16 bits per heavy atom. The number of carboxylic acid groups (broad SMARTS) is 1. The molecule has 2 heterocycles. The Bertz CT molecular complexity index is 1310. The molecule has 2 N–H and O–H groups in total. The number of H-pyrrole nitrogens is 1. The van der Waals surface area contributed by atoms with Gasteiger partial charge in [-0.1, -0.05) is 27.5 Å². The molecule has 0 aliphatic carbocycles. The predicted molar refractivity (Wildman–Crippen MR) is 131 cm³/mol. The van der Waals surface area contributed by atoms with Crippen LogP contribution in [-0.2, 0) is 4.79 Å². The topological polar surface area (TPSA) is 83.8 Å². The van der Waals surface area contributed by atoms with E-state index >= 15 is 0 Å². The molecule has 32 heavy (non-hydrogen) atoms. The van der Waals surface area contributed by atoms with Crippen LogP contribution in [0.3, 0.4) is 0 Å². The van der Waals surface area contributed by atoms with Gasteiger partial charge < -0.3 is 9.67 Å². The largest absolute Gasteiger partial charge is 0.477 e. The van der Waals surface area contributed by atoms with Crippen LogP contribution in [0.2, 0.25) is 5.02 Å². The number of carbonyl (C=O) groups is 1. The van der Waals surface area contributed by atoms with Crippen LogP contribution in [0.4, 0.5) is 0 Å². The van der Waals surface area contributed by atoms with E-state index in [2.05, 4.69) is 35.7 Å². The fourth-order valence-electron chi connectivity index (χ4n) is 3.32. The highest BCUT2D eigenvalue weighted by Gasteiger charge is 2.17. The number of aromatic nitrogens is 4. The number of carboxylic acids is 1. The lowest BCUT2D eigenvalue weighted by Gasteiger charge is -2.09. The van der Waals surface area contributed by atoms with Crippen molar-refractivity contribution in [2.24, 2.45) is 0 Å². The Kier molecular flexibility index (Phi) is 6.55. The minimum absolute atomic E-state index is 0.128. The molecule has 2 aromatic heterocycles. The molecule has 0 fully saturated rings. The van der Waals surface area contributed by atoms with E-state index in [9.17, 15) is 9.90 Å². The molecule has 162 valence electrons. The Balaban J connectivity index is 1.63. The normalized spacial score (nSPS) is 11.7. The monoisotopic (exact) mass is 528 g/mol. The van der Waals surface area contributed by atoms with Crippen molar-refractivity contribution < 1.29 is 9.90 Å². The van der Waals surface area contributed by atoms with Crippen LogP contribution in [0.15, 0.2) is 69.1 Å². The van der Waals surface area contributed by atoms with Crippen LogP contribution >= 0.6 is 39.3 Å². The molecule has 0 radical (unpaired) electrons. The number of aromatic amines is 1. The molecule has 0 amide bonds. The van der Waals surface area contributed by atoms with Crippen molar-refractivity contribution in [1.82, 2.24) is 19.7 Å². The quantitative estimate of drug-likeness (QED) is 0.220. The van der Waals surface area contributed by atoms with Crippen LogP contribution in [0.5, 0.6) is 0 Å². The number of benzene rings is 2. The Hall–Kier alpha value is -2.81. The van der Waals surface area contributed by atoms with Gasteiger partial charge in [-0.2, -0.15) is 0 Å². The van der Waals surface area contributed by atoms with Crippen LogP contribution in [0.1, 0.15) is 17.0 Å². The van der Waals surface area contributed by atoms with Crippen molar-refractivity contribution in [3.05, 3.63) is 85.9 Å². The highest BCUT2D eigenvalue weighted by atomic mass is 79.9. The minimum Gasteiger partial charge on any atom is -0.477 e. The molecular formula is C23H18BrClN4O2S. The molecule has 4 rings (SSSR count). The summed E-state index contributed by atoms with van der Waals surface area (Å²) in [4.78, 5) is 16.5. The number of thioether (sulfide) groups is 1. The molecule has 0 saturated heterocycles. The molecule has 0 saturated carbocycles. The van der Waals surface area contributed by atoms with Crippen LogP contribution in [-0.4, -0.2) is 30.8 Å². The summed E-state index contributed by atoms with van der Waals surface area (Å²) in [6, 6.07) is 17.1. The SMILES string of the molecule is Cc1cc(/C=C(\Sc2n[nH]c(-c3ccc(Cl)cc3)n2)C(=O)O)c(C)n1-c1ccc(Br)cc1. The molecule has 9 heteroatoms. The number of rotatable bonds is 6. The summed E-state index contributed by atoms with van der Waals surface area (Å²) in [7, 11) is 0. The third-order valence-electron chi connectivity index (χ3n) is 4.84. The molecule has 4 aromatic rings. The molecule has 2 aromatic carbocycles. The second-order valence-corrected chi connectivity index (χ2v) is 9.39. The Labute approximate surface area is 202 Å². The lowest BCUT2D eigenvalue weighted by Crippen LogP contribution is -2.00. The molecule has 0 aliphatic heterocycles. The summed E-state index contributed by atoms with van der Waals surface area (Å²) in [5, 5.41) is 17.7. The first kappa shape index (κ1) is 22.4. The molecule has 0 spiro atoms. The number of nitrogens with zero attached hydrogens (tertiary/aromatic N) is 3. The van der Waals surface area contributed by atoms with Gasteiger partial charge in [0.2, 0.25) is 5.16 Å². The number of nitrogens with one attached hydrogen (secondary N) is 1. The standard InChI is InChI=1S/C23H18BrClN4O2S/c1-13-11-16(14(2)29(13)19-9-5-17(24)6-10-19)12-20(22(30)31)32-23-26-21(27-28-23)15-3-7-18(25)8-4-15/h3-12H,1-2H3,(H,30,31)(H,26,27,28)/b20-12-. The van der Waals surface area contributed by atoms with E-state index in [0.29, 0.717) is 16.0 Å². The first-order chi connectivity index (χ1) is 15.3. The molecule has 0 atom stereocenters. The summed E-state index contributed by atoms with van der Waals surface area (Å²) >= 11 is 10.4. The average molecular weight is 530 g/mol. The summed E-state index contributed by atoms with van der Waals surface area (Å²) < 4.78 is 3.09. The summed E-state index contributed by atoms with van der Waals surface area (Å²) in [6.07, 6.45) is 1.66. The van der Waals surface area contributed by atoms with Gasteiger partial charge in [0.1, 0.15) is 4.91 Å². The number of hydrogen-bond acceptors (Lipinski definition) is 4. The van der Waals surface area contributed by atoms with Crippen molar-refractivity contribution in [3.63, 3.8) is 0 Å². The second kappa shape index (κ2) is 9.36. The van der Waals surface area contributed by atoms with Gasteiger partial charge in [-0.05, 0) is 91.8 Å². The van der Waals surface area contributed by atoms with Crippen LogP contribution in [0, 0.1) is 13.8 Å². The van der Waals surface area contributed by atoms with Gasteiger partial charge in [0.25, 0.3) is 0 Å². The van der Waals surface area contributed by atoms with Crippen molar-refractivity contribution in [3.8, 4) is 17.1 Å². The summed E-state index contributed by atoms with van der Waals surface area (Å²) in [5.41, 5.74) is 4.60. The Morgan fingerprint density at radius 2 is 1.84 bits per heavy atom. The van der Waals surface area contributed by atoms with Crippen molar-refractivity contribution >= 4 is 51.3 Å². The first-order valence-electron chi connectivity index (χ1n) is 9.58. The first-order valence-corrected chi connectivity index (χ1v) is 11.6. The highest BCUT2D eigenvalue weighted by Crippen LogP contribution is 2.30. The van der Waals surface area contributed by atoms with Crippen LogP contribution < -0.4 is 0 Å². The van der Waals surface area contributed by atoms with Crippen molar-refractivity contribution in [1.29, 1.82) is 0 Å². The maximum Gasteiger partial charge on any atom is 0.342 e. The van der Waals surface area contributed by atoms with E-state index in [1.165, 1.54) is 0 Å². The smallest absolute Gasteiger partial charge is 0.342 e. The van der Waals surface area contributed by atoms with Gasteiger partial charge in [0.05, 0.1) is 0 Å². The van der Waals surface area contributed by atoms with E-state index in [4.69, 9.17) is 11.6 Å². The maximum absolute atomic E-state index is 12.0. The van der Waals surface area contributed by atoms with Gasteiger partial charge in [0, 0.05) is 32.1 Å². The zero-order chi connectivity index (χ0) is 22.8. The van der Waals surface area contributed by atoms with E-state index < -0.39 is 5.97 Å². The Morgan fingerprint density at radius 3 is 2.50 bits per heavy atom. The van der Waals surface area contributed by atoms with E-state index in [0.717, 1.165) is 44.4 Å². The summed E-state index contributed by atoms with van der Waals surface area (Å²) in [5.74, 6) is -0.497. The van der Waals surface area contributed by atoms with Gasteiger partial charge in [-0.3, -0.25) is 5.10 Å². The lowest BCUT2D eigenvalue weighted by atomic mass is 10.2. The van der Waals surface area contributed by atoms with Crippen LogP contribution in [0.25, 0.3) is 23.2 Å². The zero-order valence-electron chi connectivity index (χ0n) is 17.1. The van der Waals surface area contributed by atoms with E-state index in [1.54, 1.807) is 18.2 Å². The van der Waals surface area contributed by atoms with Crippen molar-refractivity contribution in [2.75, 3.05) is 0 Å². The third kappa shape index (κ3) is 4.82. The number of halogens is 2. The van der Waals surface area contributed by atoms with E-state index in [1.807, 2.05) is 56.3 Å². The molecule has 6 nitrogen and oxygen atoms in total.